The van der Waals surface area contributed by atoms with Crippen molar-refractivity contribution in [2.75, 3.05) is 13.2 Å². The predicted octanol–water partition coefficient (Wildman–Crippen LogP) is 3.46. The van der Waals surface area contributed by atoms with Crippen LogP contribution in [0.15, 0.2) is 42.5 Å². The van der Waals surface area contributed by atoms with Crippen molar-refractivity contribution in [3.63, 3.8) is 0 Å². The summed E-state index contributed by atoms with van der Waals surface area (Å²) < 4.78 is 25.1. The van der Waals surface area contributed by atoms with Gasteiger partial charge < -0.3 is 15.2 Å². The Bertz CT molecular complexity index is 881. The molecule has 0 aliphatic heterocycles. The van der Waals surface area contributed by atoms with Gasteiger partial charge in [-0.1, -0.05) is 18.2 Å². The van der Waals surface area contributed by atoms with E-state index in [9.17, 15) is 4.39 Å². The molecule has 7 heteroatoms. The second-order valence-electron chi connectivity index (χ2n) is 5.57. The summed E-state index contributed by atoms with van der Waals surface area (Å²) in [6.45, 7) is 4.87. The summed E-state index contributed by atoms with van der Waals surface area (Å²) in [5.41, 5.74) is 7.42. The molecule has 3 N–H and O–H groups in total. The second-order valence-corrected chi connectivity index (χ2v) is 5.57. The van der Waals surface area contributed by atoms with E-state index in [4.69, 9.17) is 15.2 Å². The number of ether oxygens (including phenoxy) is 2. The third-order valence-corrected chi connectivity index (χ3v) is 3.84. The fraction of sp³-hybridized carbons (Fsp3) is 0.263. The predicted molar refractivity (Wildman–Crippen MR) is 96.6 cm³/mol. The SMILES string of the molecule is CCOc1ccc([C@H](N)c2nc(-c3ccccc3F)n[nH]2)cc1OCC. The van der Waals surface area contributed by atoms with Crippen LogP contribution in [-0.4, -0.2) is 28.4 Å². The van der Waals surface area contributed by atoms with Crippen molar-refractivity contribution in [1.82, 2.24) is 15.2 Å². The Hall–Kier alpha value is -2.93. The summed E-state index contributed by atoms with van der Waals surface area (Å²) in [4.78, 5) is 4.35. The highest BCUT2D eigenvalue weighted by Gasteiger charge is 2.18. The molecule has 0 aliphatic carbocycles. The number of aromatic nitrogens is 3. The number of nitrogens with zero attached hydrogens (tertiary/aromatic N) is 2. The highest BCUT2D eigenvalue weighted by atomic mass is 19.1. The monoisotopic (exact) mass is 356 g/mol. The summed E-state index contributed by atoms with van der Waals surface area (Å²) in [5, 5.41) is 6.88. The van der Waals surface area contributed by atoms with E-state index in [-0.39, 0.29) is 11.6 Å². The van der Waals surface area contributed by atoms with Crippen LogP contribution in [0.1, 0.15) is 31.3 Å². The van der Waals surface area contributed by atoms with Crippen LogP contribution in [0.2, 0.25) is 0 Å². The van der Waals surface area contributed by atoms with E-state index in [1.54, 1.807) is 18.2 Å². The minimum atomic E-state index is -0.557. The van der Waals surface area contributed by atoms with Gasteiger partial charge in [0.2, 0.25) is 0 Å². The molecule has 1 atom stereocenters. The molecule has 0 radical (unpaired) electrons. The lowest BCUT2D eigenvalue weighted by atomic mass is 10.1. The fourth-order valence-corrected chi connectivity index (χ4v) is 2.60. The van der Waals surface area contributed by atoms with Crippen molar-refractivity contribution in [2.24, 2.45) is 5.73 Å². The number of halogens is 1. The minimum absolute atomic E-state index is 0.268. The van der Waals surface area contributed by atoms with Crippen LogP contribution in [0.4, 0.5) is 4.39 Å². The lowest BCUT2D eigenvalue weighted by molar-refractivity contribution is 0.287. The summed E-state index contributed by atoms with van der Waals surface area (Å²) in [5.74, 6) is 1.61. The van der Waals surface area contributed by atoms with E-state index in [1.807, 2.05) is 32.0 Å². The third kappa shape index (κ3) is 3.67. The standard InChI is InChI=1S/C19H21FN4O2/c1-3-25-15-10-9-12(11-16(15)26-4-2)17(21)19-22-18(23-24-19)13-7-5-6-8-14(13)20/h5-11,17H,3-4,21H2,1-2H3,(H,22,23,24)/t17-/m0/s1. The molecule has 3 rings (SSSR count). The molecule has 1 heterocycles. The van der Waals surface area contributed by atoms with Gasteiger partial charge >= 0.3 is 0 Å². The van der Waals surface area contributed by atoms with Crippen LogP contribution in [0.3, 0.4) is 0 Å². The van der Waals surface area contributed by atoms with E-state index in [2.05, 4.69) is 15.2 Å². The molecular formula is C19H21FN4O2. The molecular weight excluding hydrogens is 335 g/mol. The van der Waals surface area contributed by atoms with Gasteiger partial charge in [0.15, 0.2) is 17.3 Å². The Morgan fingerprint density at radius 3 is 2.54 bits per heavy atom. The highest BCUT2D eigenvalue weighted by Crippen LogP contribution is 2.31. The van der Waals surface area contributed by atoms with E-state index in [0.29, 0.717) is 36.1 Å². The fourth-order valence-electron chi connectivity index (χ4n) is 2.60. The van der Waals surface area contributed by atoms with E-state index in [1.165, 1.54) is 6.07 Å². The zero-order chi connectivity index (χ0) is 18.5. The molecule has 0 saturated heterocycles. The summed E-state index contributed by atoms with van der Waals surface area (Å²) in [7, 11) is 0. The Morgan fingerprint density at radius 2 is 1.81 bits per heavy atom. The van der Waals surface area contributed by atoms with Gasteiger partial charge in [-0.15, -0.1) is 0 Å². The summed E-state index contributed by atoms with van der Waals surface area (Å²) in [6.07, 6.45) is 0. The Kier molecular flexibility index (Phi) is 5.48. The van der Waals surface area contributed by atoms with Crippen LogP contribution in [-0.2, 0) is 0 Å². The summed E-state index contributed by atoms with van der Waals surface area (Å²) >= 11 is 0. The molecule has 0 spiro atoms. The van der Waals surface area contributed by atoms with Crippen molar-refractivity contribution in [3.05, 3.63) is 59.7 Å². The molecule has 26 heavy (non-hydrogen) atoms. The number of benzene rings is 2. The molecule has 0 fully saturated rings. The molecule has 6 nitrogen and oxygen atoms in total. The number of hydrogen-bond acceptors (Lipinski definition) is 5. The normalized spacial score (nSPS) is 12.0. The maximum absolute atomic E-state index is 13.9. The second kappa shape index (κ2) is 7.97. The average Bonchev–Trinajstić information content (AvgIpc) is 3.13. The van der Waals surface area contributed by atoms with Crippen molar-refractivity contribution in [3.8, 4) is 22.9 Å². The number of nitrogens with one attached hydrogen (secondary N) is 1. The topological polar surface area (TPSA) is 86.0 Å². The number of rotatable bonds is 7. The van der Waals surface area contributed by atoms with Crippen LogP contribution in [0.5, 0.6) is 11.5 Å². The van der Waals surface area contributed by atoms with Crippen LogP contribution in [0, 0.1) is 5.82 Å². The van der Waals surface area contributed by atoms with Crippen LogP contribution >= 0.6 is 0 Å². The number of H-pyrrole nitrogens is 1. The molecule has 136 valence electrons. The van der Waals surface area contributed by atoms with E-state index >= 15 is 0 Å². The first kappa shape index (κ1) is 17.9. The zero-order valence-electron chi connectivity index (χ0n) is 14.7. The smallest absolute Gasteiger partial charge is 0.184 e. The Morgan fingerprint density at radius 1 is 1.08 bits per heavy atom. The van der Waals surface area contributed by atoms with Crippen LogP contribution < -0.4 is 15.2 Å². The minimum Gasteiger partial charge on any atom is -0.490 e. The summed E-state index contributed by atoms with van der Waals surface area (Å²) in [6, 6.07) is 11.3. The zero-order valence-corrected chi connectivity index (χ0v) is 14.7. The van der Waals surface area contributed by atoms with E-state index in [0.717, 1.165) is 5.56 Å². The first-order valence-corrected chi connectivity index (χ1v) is 8.46. The van der Waals surface area contributed by atoms with Gasteiger partial charge in [-0.3, -0.25) is 5.10 Å². The number of nitrogens with two attached hydrogens (primary N) is 1. The van der Waals surface area contributed by atoms with Crippen molar-refractivity contribution in [1.29, 1.82) is 0 Å². The molecule has 1 aromatic heterocycles. The highest BCUT2D eigenvalue weighted by molar-refractivity contribution is 5.55. The Labute approximate surface area is 151 Å². The Balaban J connectivity index is 1.89. The van der Waals surface area contributed by atoms with Gasteiger partial charge in [-0.2, -0.15) is 5.10 Å². The quantitative estimate of drug-likeness (QED) is 0.677. The molecule has 0 amide bonds. The molecule has 0 unspecified atom stereocenters. The molecule has 0 bridgehead atoms. The van der Waals surface area contributed by atoms with Gasteiger partial charge in [0, 0.05) is 0 Å². The van der Waals surface area contributed by atoms with Crippen molar-refractivity contribution < 1.29 is 13.9 Å². The molecule has 0 aliphatic rings. The molecule has 3 aromatic rings. The van der Waals surface area contributed by atoms with Gasteiger partial charge in [0.05, 0.1) is 24.8 Å². The molecule has 0 saturated carbocycles. The lowest BCUT2D eigenvalue weighted by Crippen LogP contribution is -2.14. The maximum atomic E-state index is 13.9. The maximum Gasteiger partial charge on any atom is 0.184 e. The van der Waals surface area contributed by atoms with Gasteiger partial charge in [-0.05, 0) is 43.7 Å². The largest absolute Gasteiger partial charge is 0.490 e. The van der Waals surface area contributed by atoms with Crippen molar-refractivity contribution >= 4 is 0 Å². The average molecular weight is 356 g/mol. The van der Waals surface area contributed by atoms with Gasteiger partial charge in [-0.25, -0.2) is 9.37 Å². The van der Waals surface area contributed by atoms with Crippen molar-refractivity contribution in [2.45, 2.75) is 19.9 Å². The number of aromatic amines is 1. The van der Waals surface area contributed by atoms with E-state index < -0.39 is 6.04 Å². The number of hydrogen-bond donors (Lipinski definition) is 2. The van der Waals surface area contributed by atoms with Gasteiger partial charge in [0.1, 0.15) is 11.6 Å². The third-order valence-electron chi connectivity index (χ3n) is 3.84. The first-order valence-electron chi connectivity index (χ1n) is 8.46. The lowest BCUT2D eigenvalue weighted by Gasteiger charge is -2.14. The first-order chi connectivity index (χ1) is 12.6. The van der Waals surface area contributed by atoms with Gasteiger partial charge in [0.25, 0.3) is 0 Å². The molecule has 2 aromatic carbocycles. The van der Waals surface area contributed by atoms with Crippen LogP contribution in [0.25, 0.3) is 11.4 Å².